The first-order valence-electron chi connectivity index (χ1n) is 6.45. The zero-order valence-corrected chi connectivity index (χ0v) is 11.6. The van der Waals surface area contributed by atoms with Crippen LogP contribution in [0.3, 0.4) is 0 Å². The highest BCUT2D eigenvalue weighted by atomic mass is 79.9. The highest BCUT2D eigenvalue weighted by molar-refractivity contribution is 9.09. The number of hydrogen-bond acceptors (Lipinski definition) is 0. The maximum Gasteiger partial charge on any atom is 0.0145 e. The Hall–Kier alpha value is 0.480. The monoisotopic (exact) mass is 262 g/mol. The van der Waals surface area contributed by atoms with E-state index in [1.54, 1.807) is 0 Å². The van der Waals surface area contributed by atoms with E-state index < -0.39 is 0 Å². The Kier molecular flexibility index (Phi) is 12.0. The smallest absolute Gasteiger partial charge is 0.0145 e. The molecular weight excluding hydrogens is 236 g/mol. The normalized spacial score (nSPS) is 11.1. The third-order valence-electron chi connectivity index (χ3n) is 2.74. The molecule has 0 saturated heterocycles. The summed E-state index contributed by atoms with van der Waals surface area (Å²) in [5.74, 6) is 0. The lowest BCUT2D eigenvalue weighted by Crippen LogP contribution is -1.97. The van der Waals surface area contributed by atoms with Gasteiger partial charge >= 0.3 is 0 Å². The molecule has 0 rings (SSSR count). The van der Waals surface area contributed by atoms with Gasteiger partial charge in [0.1, 0.15) is 0 Å². The van der Waals surface area contributed by atoms with Crippen LogP contribution in [-0.2, 0) is 0 Å². The van der Waals surface area contributed by atoms with Crippen molar-refractivity contribution in [2.24, 2.45) is 0 Å². The van der Waals surface area contributed by atoms with Crippen molar-refractivity contribution in [1.29, 1.82) is 0 Å². The summed E-state index contributed by atoms with van der Waals surface area (Å²) in [5.41, 5.74) is 0. The molecule has 0 fully saturated rings. The molecule has 0 aliphatic carbocycles. The molecule has 0 aromatic carbocycles. The standard InChI is InChI=1S/C13H27Br/c1-3-5-7-9-11-13(14)12-10-8-6-4-2/h13H,3-12H2,1-2H3. The van der Waals surface area contributed by atoms with E-state index in [9.17, 15) is 0 Å². The fourth-order valence-electron chi connectivity index (χ4n) is 1.73. The Morgan fingerprint density at radius 3 is 1.50 bits per heavy atom. The van der Waals surface area contributed by atoms with Crippen molar-refractivity contribution in [1.82, 2.24) is 0 Å². The number of unbranched alkanes of at least 4 members (excludes halogenated alkanes) is 6. The third-order valence-corrected chi connectivity index (χ3v) is 3.66. The second-order valence-electron chi connectivity index (χ2n) is 4.30. The van der Waals surface area contributed by atoms with E-state index in [0.717, 1.165) is 4.83 Å². The molecule has 0 aliphatic heterocycles. The van der Waals surface area contributed by atoms with Crippen molar-refractivity contribution in [3.8, 4) is 0 Å². The van der Waals surface area contributed by atoms with Crippen molar-refractivity contribution in [2.75, 3.05) is 0 Å². The molecule has 0 aromatic rings. The first-order chi connectivity index (χ1) is 6.81. The summed E-state index contributed by atoms with van der Waals surface area (Å²) in [7, 11) is 0. The lowest BCUT2D eigenvalue weighted by molar-refractivity contribution is 0.568. The molecular formula is C13H27Br. The SMILES string of the molecule is CCCCCCC(Br)CCCCCC. The summed E-state index contributed by atoms with van der Waals surface area (Å²) < 4.78 is 0. The molecule has 1 heteroatoms. The second-order valence-corrected chi connectivity index (χ2v) is 5.59. The summed E-state index contributed by atoms with van der Waals surface area (Å²) in [5, 5.41) is 0. The predicted octanol–water partition coefficient (Wildman–Crippen LogP) is 5.69. The van der Waals surface area contributed by atoms with Gasteiger partial charge in [-0.15, -0.1) is 0 Å². The third kappa shape index (κ3) is 10.6. The van der Waals surface area contributed by atoms with Crippen LogP contribution < -0.4 is 0 Å². The lowest BCUT2D eigenvalue weighted by atomic mass is 10.1. The van der Waals surface area contributed by atoms with Gasteiger partial charge < -0.3 is 0 Å². The van der Waals surface area contributed by atoms with E-state index in [0.29, 0.717) is 0 Å². The van der Waals surface area contributed by atoms with Gasteiger partial charge in [-0.05, 0) is 12.8 Å². The largest absolute Gasteiger partial charge is 0.0891 e. The molecule has 0 spiro atoms. The second kappa shape index (κ2) is 11.6. The molecule has 0 aliphatic rings. The summed E-state index contributed by atoms with van der Waals surface area (Å²) in [4.78, 5) is 0.788. The molecule has 0 atom stereocenters. The van der Waals surface area contributed by atoms with Gasteiger partial charge in [-0.25, -0.2) is 0 Å². The molecule has 0 nitrogen and oxygen atoms in total. The quantitative estimate of drug-likeness (QED) is 0.351. The summed E-state index contributed by atoms with van der Waals surface area (Å²) in [6.45, 7) is 4.55. The van der Waals surface area contributed by atoms with Gasteiger partial charge in [0.25, 0.3) is 0 Å². The highest BCUT2D eigenvalue weighted by Crippen LogP contribution is 2.18. The molecule has 86 valence electrons. The summed E-state index contributed by atoms with van der Waals surface area (Å²) in [6, 6.07) is 0. The minimum absolute atomic E-state index is 0.788. The predicted molar refractivity (Wildman–Crippen MR) is 70.2 cm³/mol. The van der Waals surface area contributed by atoms with Crippen molar-refractivity contribution in [2.45, 2.75) is 82.9 Å². The Bertz CT molecular complexity index is 89.4. The maximum absolute atomic E-state index is 3.78. The van der Waals surface area contributed by atoms with Crippen LogP contribution in [0.4, 0.5) is 0 Å². The number of rotatable bonds is 10. The molecule has 0 bridgehead atoms. The zero-order valence-electron chi connectivity index (χ0n) is 10.0. The Morgan fingerprint density at radius 1 is 0.714 bits per heavy atom. The Morgan fingerprint density at radius 2 is 1.14 bits per heavy atom. The molecule has 0 radical (unpaired) electrons. The molecule has 0 amide bonds. The minimum Gasteiger partial charge on any atom is -0.0891 e. The summed E-state index contributed by atoms with van der Waals surface area (Å²) >= 11 is 3.78. The maximum atomic E-state index is 3.78. The number of alkyl halides is 1. The van der Waals surface area contributed by atoms with Crippen LogP contribution in [0.1, 0.15) is 78.1 Å². The van der Waals surface area contributed by atoms with E-state index in [-0.39, 0.29) is 0 Å². The Balaban J connectivity index is 3.07. The average Bonchev–Trinajstić information content (AvgIpc) is 2.19. The number of halogens is 1. The Labute approximate surface area is 99.0 Å². The minimum atomic E-state index is 0.788. The molecule has 0 aromatic heterocycles. The summed E-state index contributed by atoms with van der Waals surface area (Å²) in [6.07, 6.45) is 14.0. The van der Waals surface area contributed by atoms with Crippen molar-refractivity contribution in [3.63, 3.8) is 0 Å². The van der Waals surface area contributed by atoms with Crippen molar-refractivity contribution < 1.29 is 0 Å². The van der Waals surface area contributed by atoms with E-state index in [2.05, 4.69) is 29.8 Å². The van der Waals surface area contributed by atoms with E-state index in [1.165, 1.54) is 64.2 Å². The molecule has 0 unspecified atom stereocenters. The van der Waals surface area contributed by atoms with Gasteiger partial charge in [0, 0.05) is 4.83 Å². The van der Waals surface area contributed by atoms with Crippen molar-refractivity contribution >= 4 is 15.9 Å². The van der Waals surface area contributed by atoms with Gasteiger partial charge in [0.2, 0.25) is 0 Å². The fraction of sp³-hybridized carbons (Fsp3) is 1.00. The molecule has 0 saturated carbocycles. The first-order valence-corrected chi connectivity index (χ1v) is 7.36. The van der Waals surface area contributed by atoms with Crippen LogP contribution in [0.5, 0.6) is 0 Å². The van der Waals surface area contributed by atoms with Crippen molar-refractivity contribution in [3.05, 3.63) is 0 Å². The van der Waals surface area contributed by atoms with Gasteiger partial charge in [-0.1, -0.05) is 81.1 Å². The van der Waals surface area contributed by atoms with Crippen LogP contribution in [0.25, 0.3) is 0 Å². The highest BCUT2D eigenvalue weighted by Gasteiger charge is 2.02. The van der Waals surface area contributed by atoms with Crippen LogP contribution in [0, 0.1) is 0 Å². The number of hydrogen-bond donors (Lipinski definition) is 0. The molecule has 0 N–H and O–H groups in total. The first kappa shape index (κ1) is 14.5. The van der Waals surface area contributed by atoms with E-state index in [4.69, 9.17) is 0 Å². The lowest BCUT2D eigenvalue weighted by Gasteiger charge is -2.08. The van der Waals surface area contributed by atoms with Gasteiger partial charge in [-0.3, -0.25) is 0 Å². The molecule has 0 heterocycles. The van der Waals surface area contributed by atoms with Crippen LogP contribution in [-0.4, -0.2) is 4.83 Å². The fourth-order valence-corrected chi connectivity index (χ4v) is 2.38. The average molecular weight is 263 g/mol. The van der Waals surface area contributed by atoms with Gasteiger partial charge in [-0.2, -0.15) is 0 Å². The van der Waals surface area contributed by atoms with E-state index in [1.807, 2.05) is 0 Å². The van der Waals surface area contributed by atoms with Crippen LogP contribution >= 0.6 is 15.9 Å². The van der Waals surface area contributed by atoms with E-state index >= 15 is 0 Å². The van der Waals surface area contributed by atoms with Gasteiger partial charge in [0.15, 0.2) is 0 Å². The zero-order chi connectivity index (χ0) is 10.6. The van der Waals surface area contributed by atoms with Crippen LogP contribution in [0.15, 0.2) is 0 Å². The van der Waals surface area contributed by atoms with Crippen LogP contribution in [0.2, 0.25) is 0 Å². The topological polar surface area (TPSA) is 0 Å². The van der Waals surface area contributed by atoms with Gasteiger partial charge in [0.05, 0.1) is 0 Å². The molecule has 14 heavy (non-hydrogen) atoms.